The van der Waals surface area contributed by atoms with Gasteiger partial charge in [-0.15, -0.1) is 0 Å². The molecule has 0 spiro atoms. The molecule has 0 saturated heterocycles. The van der Waals surface area contributed by atoms with Gasteiger partial charge in [0.25, 0.3) is 12.3 Å². The minimum absolute atomic E-state index is 0.0884. The Morgan fingerprint density at radius 2 is 2.09 bits per heavy atom. The van der Waals surface area contributed by atoms with Crippen LogP contribution in [0.1, 0.15) is 38.6 Å². The number of esters is 1. The summed E-state index contributed by atoms with van der Waals surface area (Å²) in [4.78, 5) is 30.9. The normalized spacial score (nSPS) is 17.9. The Bertz CT molecular complexity index is 656. The molecule has 7 nitrogen and oxygen atoms in total. The first kappa shape index (κ1) is 16.9. The third-order valence-corrected chi connectivity index (χ3v) is 3.10. The molecule has 1 aromatic heterocycles. The number of carbonyl (C=O) groups is 2. The number of carbonyl (C=O) groups excluding carboxylic acids is 2. The van der Waals surface area contributed by atoms with E-state index >= 15 is 0 Å². The van der Waals surface area contributed by atoms with Crippen molar-refractivity contribution < 1.29 is 23.1 Å². The predicted octanol–water partition coefficient (Wildman–Crippen LogP) is 1.45. The highest BCUT2D eigenvalue weighted by Gasteiger charge is 2.35. The lowest BCUT2D eigenvalue weighted by molar-refractivity contribution is -0.154. The van der Waals surface area contributed by atoms with Gasteiger partial charge in [-0.05, 0) is 26.8 Å². The Hall–Kier alpha value is -2.45. The minimum atomic E-state index is -2.76. The van der Waals surface area contributed by atoms with Gasteiger partial charge in [0.15, 0.2) is 0 Å². The van der Waals surface area contributed by atoms with Gasteiger partial charge in [0, 0.05) is 0 Å². The average Bonchev–Trinajstić information content (AvgIpc) is 2.85. The third kappa shape index (κ3) is 3.85. The summed E-state index contributed by atoms with van der Waals surface area (Å²) in [6, 6.07) is 1.06. The number of nitrogens with zero attached hydrogens (tertiary/aromatic N) is 3. The Kier molecular flexibility index (Phi) is 4.67. The van der Waals surface area contributed by atoms with E-state index in [-0.39, 0.29) is 18.0 Å². The van der Waals surface area contributed by atoms with E-state index in [1.165, 1.54) is 0 Å². The highest BCUT2D eigenvalue weighted by Crippen LogP contribution is 2.21. The van der Waals surface area contributed by atoms with Crippen LogP contribution < -0.4 is 5.43 Å². The number of amides is 1. The summed E-state index contributed by atoms with van der Waals surface area (Å²) in [6.45, 7) is 4.80. The Morgan fingerprint density at radius 3 is 2.70 bits per heavy atom. The van der Waals surface area contributed by atoms with Gasteiger partial charge in [0.1, 0.15) is 30.3 Å². The van der Waals surface area contributed by atoms with Crippen molar-refractivity contribution in [3.05, 3.63) is 23.8 Å². The number of nitrogens with one attached hydrogen (secondary N) is 1. The van der Waals surface area contributed by atoms with Crippen LogP contribution in [0, 0.1) is 11.3 Å². The molecule has 1 aliphatic heterocycles. The molecule has 0 aliphatic carbocycles. The van der Waals surface area contributed by atoms with Crippen molar-refractivity contribution in [3.63, 3.8) is 0 Å². The average molecular weight is 326 g/mol. The lowest BCUT2D eigenvalue weighted by atomic mass is 9.97. The van der Waals surface area contributed by atoms with Crippen molar-refractivity contribution in [2.45, 2.75) is 27.2 Å². The molecule has 1 unspecified atom stereocenters. The van der Waals surface area contributed by atoms with Crippen LogP contribution in [0.3, 0.4) is 0 Å². The number of rotatable bonds is 4. The van der Waals surface area contributed by atoms with E-state index in [2.05, 4.69) is 20.5 Å². The molecule has 2 heterocycles. The SMILES string of the molecule is CC(C)(C)C(=O)OCC1C(=O)NN=C1c1cc(C(F)F)ncn1. The monoisotopic (exact) mass is 326 g/mol. The van der Waals surface area contributed by atoms with Crippen LogP contribution in [0.25, 0.3) is 0 Å². The number of hydrazone groups is 1. The predicted molar refractivity (Wildman–Crippen MR) is 75.6 cm³/mol. The van der Waals surface area contributed by atoms with Crippen molar-refractivity contribution in [1.82, 2.24) is 15.4 Å². The standard InChI is InChI=1S/C14H16F2N4O3/c1-14(2,3)13(22)23-5-7-10(19-20-12(7)21)8-4-9(11(15)16)18-6-17-8/h4,6-7,11H,5H2,1-3H3,(H,20,21). The molecule has 0 saturated carbocycles. The molecule has 0 fully saturated rings. The van der Waals surface area contributed by atoms with Crippen LogP contribution in [0.4, 0.5) is 8.78 Å². The molecular weight excluding hydrogens is 310 g/mol. The highest BCUT2D eigenvalue weighted by atomic mass is 19.3. The third-order valence-electron chi connectivity index (χ3n) is 3.10. The molecule has 23 heavy (non-hydrogen) atoms. The van der Waals surface area contributed by atoms with Crippen LogP contribution in [0.5, 0.6) is 0 Å². The van der Waals surface area contributed by atoms with Crippen LogP contribution in [0.2, 0.25) is 0 Å². The van der Waals surface area contributed by atoms with E-state index in [4.69, 9.17) is 4.74 Å². The molecule has 124 valence electrons. The maximum Gasteiger partial charge on any atom is 0.311 e. The second-order valence-electron chi connectivity index (χ2n) is 6.00. The first-order valence-electron chi connectivity index (χ1n) is 6.85. The molecule has 0 aromatic carbocycles. The molecule has 1 aliphatic rings. The molecule has 1 atom stereocenters. The van der Waals surface area contributed by atoms with Gasteiger partial charge < -0.3 is 4.74 Å². The fourth-order valence-electron chi connectivity index (χ4n) is 1.79. The van der Waals surface area contributed by atoms with E-state index in [1.54, 1.807) is 20.8 Å². The van der Waals surface area contributed by atoms with Gasteiger partial charge in [-0.1, -0.05) is 0 Å². The van der Waals surface area contributed by atoms with Crippen molar-refractivity contribution in [1.29, 1.82) is 0 Å². The van der Waals surface area contributed by atoms with E-state index < -0.39 is 35.3 Å². The molecule has 2 rings (SSSR count). The second kappa shape index (κ2) is 6.35. The maximum absolute atomic E-state index is 12.7. The fourth-order valence-corrected chi connectivity index (χ4v) is 1.79. The number of halogens is 2. The van der Waals surface area contributed by atoms with E-state index in [9.17, 15) is 18.4 Å². The Labute approximate surface area is 131 Å². The quantitative estimate of drug-likeness (QED) is 0.845. The number of alkyl halides is 2. The number of hydrogen-bond donors (Lipinski definition) is 1. The summed E-state index contributed by atoms with van der Waals surface area (Å²) in [5.74, 6) is -1.87. The Morgan fingerprint density at radius 1 is 1.39 bits per heavy atom. The molecule has 0 radical (unpaired) electrons. The van der Waals surface area contributed by atoms with Gasteiger partial charge >= 0.3 is 5.97 Å². The Balaban J connectivity index is 2.17. The molecular formula is C14H16F2N4O3. The van der Waals surface area contributed by atoms with Gasteiger partial charge in [-0.25, -0.2) is 24.2 Å². The molecule has 9 heteroatoms. The first-order chi connectivity index (χ1) is 10.7. The zero-order valence-electron chi connectivity index (χ0n) is 12.8. The number of ether oxygens (including phenoxy) is 1. The molecule has 1 N–H and O–H groups in total. The summed E-state index contributed by atoms with van der Waals surface area (Å²) >= 11 is 0. The second-order valence-corrected chi connectivity index (χ2v) is 6.00. The largest absolute Gasteiger partial charge is 0.464 e. The zero-order valence-corrected chi connectivity index (χ0v) is 12.8. The van der Waals surface area contributed by atoms with Gasteiger partial charge in [0.2, 0.25) is 0 Å². The molecule has 1 aromatic rings. The zero-order chi connectivity index (χ0) is 17.2. The van der Waals surface area contributed by atoms with Crippen molar-refractivity contribution in [3.8, 4) is 0 Å². The summed E-state index contributed by atoms with van der Waals surface area (Å²) in [5.41, 5.74) is 1.28. The van der Waals surface area contributed by atoms with Gasteiger partial charge in [-0.2, -0.15) is 5.10 Å². The van der Waals surface area contributed by atoms with Gasteiger partial charge in [0.05, 0.1) is 11.1 Å². The topological polar surface area (TPSA) is 93.5 Å². The molecule has 0 bridgehead atoms. The fraction of sp³-hybridized carbons (Fsp3) is 0.500. The van der Waals surface area contributed by atoms with E-state index in [0.29, 0.717) is 0 Å². The van der Waals surface area contributed by atoms with Crippen molar-refractivity contribution in [2.75, 3.05) is 6.61 Å². The molecule has 1 amide bonds. The van der Waals surface area contributed by atoms with E-state index in [1.807, 2.05) is 0 Å². The number of aromatic nitrogens is 2. The van der Waals surface area contributed by atoms with E-state index in [0.717, 1.165) is 12.4 Å². The smallest absolute Gasteiger partial charge is 0.311 e. The summed E-state index contributed by atoms with van der Waals surface area (Å²) in [7, 11) is 0. The highest BCUT2D eigenvalue weighted by molar-refractivity contribution is 6.15. The summed E-state index contributed by atoms with van der Waals surface area (Å²) in [6.07, 6.45) is -1.79. The van der Waals surface area contributed by atoms with Crippen molar-refractivity contribution >= 4 is 17.6 Å². The first-order valence-corrected chi connectivity index (χ1v) is 6.85. The van der Waals surface area contributed by atoms with Crippen LogP contribution in [0.15, 0.2) is 17.5 Å². The van der Waals surface area contributed by atoms with Crippen LogP contribution in [-0.2, 0) is 14.3 Å². The van der Waals surface area contributed by atoms with Crippen LogP contribution >= 0.6 is 0 Å². The van der Waals surface area contributed by atoms with Gasteiger partial charge in [-0.3, -0.25) is 9.59 Å². The summed E-state index contributed by atoms with van der Waals surface area (Å²) < 4.78 is 30.5. The minimum Gasteiger partial charge on any atom is -0.464 e. The maximum atomic E-state index is 12.7. The summed E-state index contributed by atoms with van der Waals surface area (Å²) in [5, 5.41) is 3.80. The lowest BCUT2D eigenvalue weighted by Gasteiger charge is -2.18. The number of hydrogen-bond acceptors (Lipinski definition) is 6. The lowest BCUT2D eigenvalue weighted by Crippen LogP contribution is -2.32. The van der Waals surface area contributed by atoms with Crippen LogP contribution in [-0.4, -0.2) is 34.2 Å². The van der Waals surface area contributed by atoms with Crippen molar-refractivity contribution in [2.24, 2.45) is 16.4 Å².